The molecule has 3 nitrogen and oxygen atoms in total. The standard InChI is InChI=1S/C16H20BNO2/c1-3-18(15-9-6-7-13(2)11-15)12-14-8-4-5-10-16(14)17(19)20/h4-11,19-20H,3,12H2,1-2H3. The third-order valence-electron chi connectivity index (χ3n) is 3.44. The molecular formula is C16H20BNO2. The summed E-state index contributed by atoms with van der Waals surface area (Å²) in [5, 5.41) is 18.9. The van der Waals surface area contributed by atoms with Crippen molar-refractivity contribution in [3.05, 3.63) is 59.7 Å². The van der Waals surface area contributed by atoms with E-state index < -0.39 is 7.12 Å². The lowest BCUT2D eigenvalue weighted by Gasteiger charge is -2.25. The Balaban J connectivity index is 2.27. The number of hydrogen-bond donors (Lipinski definition) is 2. The van der Waals surface area contributed by atoms with Gasteiger partial charge in [0.15, 0.2) is 0 Å². The van der Waals surface area contributed by atoms with E-state index in [9.17, 15) is 10.0 Å². The fourth-order valence-corrected chi connectivity index (χ4v) is 2.35. The molecule has 0 unspecified atom stereocenters. The molecule has 0 aromatic heterocycles. The van der Waals surface area contributed by atoms with Gasteiger partial charge in [-0.2, -0.15) is 0 Å². The lowest BCUT2D eigenvalue weighted by atomic mass is 9.77. The molecule has 2 rings (SSSR count). The maximum absolute atomic E-state index is 9.44. The molecule has 20 heavy (non-hydrogen) atoms. The van der Waals surface area contributed by atoms with E-state index in [1.807, 2.05) is 24.3 Å². The van der Waals surface area contributed by atoms with Crippen LogP contribution in [0.3, 0.4) is 0 Å². The summed E-state index contributed by atoms with van der Waals surface area (Å²) in [6.45, 7) is 5.69. The van der Waals surface area contributed by atoms with E-state index >= 15 is 0 Å². The van der Waals surface area contributed by atoms with Crippen molar-refractivity contribution in [2.45, 2.75) is 20.4 Å². The van der Waals surface area contributed by atoms with Crippen molar-refractivity contribution >= 4 is 18.3 Å². The van der Waals surface area contributed by atoms with Crippen LogP contribution in [0, 0.1) is 6.92 Å². The molecule has 2 N–H and O–H groups in total. The molecule has 0 amide bonds. The lowest BCUT2D eigenvalue weighted by Crippen LogP contribution is -2.35. The van der Waals surface area contributed by atoms with Gasteiger partial charge in [-0.25, -0.2) is 0 Å². The zero-order valence-corrected chi connectivity index (χ0v) is 12.0. The molecule has 0 saturated carbocycles. The van der Waals surface area contributed by atoms with Crippen LogP contribution in [-0.4, -0.2) is 23.7 Å². The molecule has 0 aliphatic rings. The maximum atomic E-state index is 9.44. The highest BCUT2D eigenvalue weighted by Gasteiger charge is 2.16. The Kier molecular flexibility index (Phi) is 4.82. The molecular weight excluding hydrogens is 249 g/mol. The predicted octanol–water partition coefficient (Wildman–Crippen LogP) is 1.70. The first-order chi connectivity index (χ1) is 9.61. The summed E-state index contributed by atoms with van der Waals surface area (Å²) in [5.74, 6) is 0. The quantitative estimate of drug-likeness (QED) is 0.812. The predicted molar refractivity (Wildman–Crippen MR) is 84.2 cm³/mol. The van der Waals surface area contributed by atoms with Crippen LogP contribution in [0.5, 0.6) is 0 Å². The van der Waals surface area contributed by atoms with E-state index in [-0.39, 0.29) is 0 Å². The van der Waals surface area contributed by atoms with Crippen molar-refractivity contribution in [3.63, 3.8) is 0 Å². The van der Waals surface area contributed by atoms with Gasteiger partial charge in [0.05, 0.1) is 0 Å². The van der Waals surface area contributed by atoms with Crippen molar-refractivity contribution in [1.82, 2.24) is 0 Å². The third kappa shape index (κ3) is 3.41. The van der Waals surface area contributed by atoms with Crippen molar-refractivity contribution in [3.8, 4) is 0 Å². The minimum absolute atomic E-state index is 0.568. The van der Waals surface area contributed by atoms with Crippen molar-refractivity contribution in [2.24, 2.45) is 0 Å². The van der Waals surface area contributed by atoms with Gasteiger partial charge < -0.3 is 14.9 Å². The Morgan fingerprint density at radius 2 is 1.80 bits per heavy atom. The van der Waals surface area contributed by atoms with Gasteiger partial charge in [0.1, 0.15) is 0 Å². The van der Waals surface area contributed by atoms with Crippen LogP contribution < -0.4 is 10.4 Å². The summed E-state index contributed by atoms with van der Waals surface area (Å²) in [5.41, 5.74) is 3.87. The number of benzene rings is 2. The summed E-state index contributed by atoms with van der Waals surface area (Å²) >= 11 is 0. The van der Waals surface area contributed by atoms with Gasteiger partial charge in [0, 0.05) is 18.8 Å². The van der Waals surface area contributed by atoms with Crippen LogP contribution in [0.1, 0.15) is 18.1 Å². The molecule has 2 aromatic carbocycles. The SMILES string of the molecule is CCN(Cc1ccccc1B(O)O)c1cccc(C)c1. The Bertz CT molecular complexity index is 572. The van der Waals surface area contributed by atoms with Crippen LogP contribution in [-0.2, 0) is 6.54 Å². The monoisotopic (exact) mass is 269 g/mol. The second kappa shape index (κ2) is 6.59. The second-order valence-corrected chi connectivity index (χ2v) is 4.93. The Labute approximate surface area is 120 Å². The molecule has 0 heterocycles. The van der Waals surface area contributed by atoms with Gasteiger partial charge in [-0.15, -0.1) is 0 Å². The van der Waals surface area contributed by atoms with Crippen LogP contribution in [0.2, 0.25) is 0 Å². The van der Waals surface area contributed by atoms with Crippen LogP contribution >= 0.6 is 0 Å². The Morgan fingerprint density at radius 1 is 1.05 bits per heavy atom. The highest BCUT2D eigenvalue weighted by Crippen LogP contribution is 2.18. The molecule has 0 radical (unpaired) electrons. The first-order valence-electron chi connectivity index (χ1n) is 6.87. The van der Waals surface area contributed by atoms with Gasteiger partial charge in [-0.05, 0) is 42.6 Å². The van der Waals surface area contributed by atoms with E-state index in [1.54, 1.807) is 6.07 Å². The van der Waals surface area contributed by atoms with Gasteiger partial charge in [0.2, 0.25) is 0 Å². The molecule has 0 bridgehead atoms. The van der Waals surface area contributed by atoms with E-state index in [4.69, 9.17) is 0 Å². The van der Waals surface area contributed by atoms with Crippen LogP contribution in [0.4, 0.5) is 5.69 Å². The van der Waals surface area contributed by atoms with Crippen molar-refractivity contribution in [1.29, 1.82) is 0 Å². The molecule has 0 spiro atoms. The van der Waals surface area contributed by atoms with Gasteiger partial charge in [0.25, 0.3) is 0 Å². The fourth-order valence-electron chi connectivity index (χ4n) is 2.35. The average Bonchev–Trinajstić information content (AvgIpc) is 2.45. The van der Waals surface area contributed by atoms with E-state index in [2.05, 4.69) is 36.9 Å². The second-order valence-electron chi connectivity index (χ2n) is 4.93. The Morgan fingerprint density at radius 3 is 2.45 bits per heavy atom. The fraction of sp³-hybridized carbons (Fsp3) is 0.250. The van der Waals surface area contributed by atoms with E-state index in [1.165, 1.54) is 5.56 Å². The summed E-state index contributed by atoms with van der Waals surface area (Å²) < 4.78 is 0. The number of nitrogens with zero attached hydrogens (tertiary/aromatic N) is 1. The van der Waals surface area contributed by atoms with Crippen molar-refractivity contribution < 1.29 is 10.0 Å². The smallest absolute Gasteiger partial charge is 0.423 e. The Hall–Kier alpha value is -1.78. The highest BCUT2D eigenvalue weighted by atomic mass is 16.4. The van der Waals surface area contributed by atoms with E-state index in [0.29, 0.717) is 12.0 Å². The van der Waals surface area contributed by atoms with Gasteiger partial charge >= 0.3 is 7.12 Å². The zero-order valence-electron chi connectivity index (χ0n) is 12.0. The normalized spacial score (nSPS) is 10.4. The van der Waals surface area contributed by atoms with Gasteiger partial charge in [-0.1, -0.05) is 36.4 Å². The van der Waals surface area contributed by atoms with E-state index in [0.717, 1.165) is 17.8 Å². The summed E-state index contributed by atoms with van der Waals surface area (Å²) in [7, 11) is -1.43. The molecule has 4 heteroatoms. The van der Waals surface area contributed by atoms with Crippen molar-refractivity contribution in [2.75, 3.05) is 11.4 Å². The molecule has 0 fully saturated rings. The summed E-state index contributed by atoms with van der Waals surface area (Å²) in [4.78, 5) is 2.22. The van der Waals surface area contributed by atoms with Gasteiger partial charge in [-0.3, -0.25) is 0 Å². The topological polar surface area (TPSA) is 43.7 Å². The molecule has 2 aromatic rings. The van der Waals surface area contributed by atoms with Crippen LogP contribution in [0.15, 0.2) is 48.5 Å². The number of aryl methyl sites for hydroxylation is 1. The summed E-state index contributed by atoms with van der Waals surface area (Å²) in [6.07, 6.45) is 0. The minimum Gasteiger partial charge on any atom is -0.423 e. The third-order valence-corrected chi connectivity index (χ3v) is 3.44. The largest absolute Gasteiger partial charge is 0.488 e. The minimum atomic E-state index is -1.43. The molecule has 0 saturated heterocycles. The molecule has 104 valence electrons. The summed E-state index contributed by atoms with van der Waals surface area (Å²) in [6, 6.07) is 15.8. The molecule has 0 atom stereocenters. The number of rotatable bonds is 5. The number of hydrogen-bond acceptors (Lipinski definition) is 3. The molecule has 0 aliphatic carbocycles. The maximum Gasteiger partial charge on any atom is 0.488 e. The highest BCUT2D eigenvalue weighted by molar-refractivity contribution is 6.59. The zero-order chi connectivity index (χ0) is 14.5. The average molecular weight is 269 g/mol. The first-order valence-corrected chi connectivity index (χ1v) is 6.87. The first kappa shape index (κ1) is 14.6. The number of anilines is 1. The van der Waals surface area contributed by atoms with Crippen LogP contribution in [0.25, 0.3) is 0 Å². The molecule has 0 aliphatic heterocycles. The lowest BCUT2D eigenvalue weighted by molar-refractivity contribution is 0.425.